The van der Waals surface area contributed by atoms with Gasteiger partial charge in [0.1, 0.15) is 0 Å². The van der Waals surface area contributed by atoms with Crippen LogP contribution in [0.25, 0.3) is 0 Å². The van der Waals surface area contributed by atoms with Gasteiger partial charge >= 0.3 is 5.97 Å². The summed E-state index contributed by atoms with van der Waals surface area (Å²) in [7, 11) is -3.41. The first-order chi connectivity index (χ1) is 8.23. The second-order valence-electron chi connectivity index (χ2n) is 5.24. The van der Waals surface area contributed by atoms with Crippen molar-refractivity contribution >= 4 is 16.0 Å². The van der Waals surface area contributed by atoms with Gasteiger partial charge in [-0.1, -0.05) is 0 Å². The minimum atomic E-state index is -3.41. The van der Waals surface area contributed by atoms with E-state index in [1.165, 1.54) is 0 Å². The second kappa shape index (κ2) is 5.99. The minimum absolute atomic E-state index is 0.0523. The first kappa shape index (κ1) is 15.4. The van der Waals surface area contributed by atoms with Gasteiger partial charge in [-0.05, 0) is 33.1 Å². The zero-order chi connectivity index (χ0) is 13.8. The van der Waals surface area contributed by atoms with Gasteiger partial charge in [0.15, 0.2) is 0 Å². The molecule has 106 valence electrons. The van der Waals surface area contributed by atoms with Gasteiger partial charge in [-0.15, -0.1) is 0 Å². The van der Waals surface area contributed by atoms with E-state index < -0.39 is 26.8 Å². The molecule has 1 aliphatic rings. The normalized spacial score (nSPS) is 18.8. The summed E-state index contributed by atoms with van der Waals surface area (Å²) in [6.45, 7) is 4.32. The predicted molar refractivity (Wildman–Crippen MR) is 66.8 cm³/mol. The molecular weight excluding hydrogens is 258 g/mol. The monoisotopic (exact) mass is 279 g/mol. The highest BCUT2D eigenvalue weighted by molar-refractivity contribution is 7.90. The third-order valence-corrected chi connectivity index (χ3v) is 5.18. The van der Waals surface area contributed by atoms with Crippen molar-refractivity contribution in [3.63, 3.8) is 0 Å². The summed E-state index contributed by atoms with van der Waals surface area (Å²) in [6.07, 6.45) is 1.20. The molecule has 1 aliphatic heterocycles. The van der Waals surface area contributed by atoms with E-state index in [0.29, 0.717) is 26.1 Å². The van der Waals surface area contributed by atoms with Gasteiger partial charge in [-0.2, -0.15) is 0 Å². The van der Waals surface area contributed by atoms with Crippen molar-refractivity contribution in [2.24, 2.45) is 0 Å². The Bertz CT molecular complexity index is 384. The molecule has 7 heteroatoms. The Hall–Kier alpha value is -0.660. The number of carboxylic acids is 1. The summed E-state index contributed by atoms with van der Waals surface area (Å²) in [5, 5.41) is 8.20. The highest BCUT2D eigenvalue weighted by Crippen LogP contribution is 2.19. The third kappa shape index (κ3) is 4.91. The van der Waals surface area contributed by atoms with Crippen LogP contribution in [0, 0.1) is 0 Å². The SMILES string of the molecule is CC(C)(CCC(=O)O)NS(=O)(=O)C1CCOCC1. The van der Waals surface area contributed by atoms with Crippen molar-refractivity contribution in [2.45, 2.75) is 50.3 Å². The van der Waals surface area contributed by atoms with Crippen LogP contribution in [0.15, 0.2) is 0 Å². The molecule has 18 heavy (non-hydrogen) atoms. The maximum absolute atomic E-state index is 12.1. The Morgan fingerprint density at radius 2 is 1.94 bits per heavy atom. The van der Waals surface area contributed by atoms with Gasteiger partial charge in [0.25, 0.3) is 0 Å². The average Bonchev–Trinajstić information content (AvgIpc) is 2.26. The molecule has 0 atom stereocenters. The van der Waals surface area contributed by atoms with Gasteiger partial charge in [0.2, 0.25) is 10.0 Å². The van der Waals surface area contributed by atoms with Gasteiger partial charge in [0.05, 0.1) is 5.25 Å². The number of sulfonamides is 1. The average molecular weight is 279 g/mol. The number of aliphatic carboxylic acids is 1. The smallest absolute Gasteiger partial charge is 0.303 e. The maximum atomic E-state index is 12.1. The van der Waals surface area contributed by atoms with Crippen LogP contribution in [-0.4, -0.2) is 43.5 Å². The fraction of sp³-hybridized carbons (Fsp3) is 0.909. The lowest BCUT2D eigenvalue weighted by molar-refractivity contribution is -0.137. The van der Waals surface area contributed by atoms with Gasteiger partial charge in [-0.3, -0.25) is 4.79 Å². The Morgan fingerprint density at radius 3 is 2.44 bits per heavy atom. The van der Waals surface area contributed by atoms with E-state index in [1.54, 1.807) is 13.8 Å². The van der Waals surface area contributed by atoms with Crippen molar-refractivity contribution in [1.82, 2.24) is 4.72 Å². The van der Waals surface area contributed by atoms with Crippen LogP contribution in [0.3, 0.4) is 0 Å². The van der Waals surface area contributed by atoms with Crippen LogP contribution in [-0.2, 0) is 19.6 Å². The Kier molecular flexibility index (Phi) is 5.12. The molecule has 0 bridgehead atoms. The molecule has 1 fully saturated rings. The van der Waals surface area contributed by atoms with E-state index in [-0.39, 0.29) is 12.8 Å². The van der Waals surface area contributed by atoms with Crippen LogP contribution in [0.1, 0.15) is 39.5 Å². The first-order valence-electron chi connectivity index (χ1n) is 6.05. The predicted octanol–water partition coefficient (Wildman–Crippen LogP) is 0.728. The number of ether oxygens (including phenoxy) is 1. The molecule has 0 saturated carbocycles. The molecular formula is C11H21NO5S. The zero-order valence-electron chi connectivity index (χ0n) is 10.8. The molecule has 0 spiro atoms. The van der Waals surface area contributed by atoms with Gasteiger partial charge in [-0.25, -0.2) is 13.1 Å². The number of hydrogen-bond donors (Lipinski definition) is 2. The molecule has 0 aliphatic carbocycles. The lowest BCUT2D eigenvalue weighted by atomic mass is 10.0. The van der Waals surface area contributed by atoms with E-state index in [4.69, 9.17) is 9.84 Å². The molecule has 1 saturated heterocycles. The maximum Gasteiger partial charge on any atom is 0.303 e. The minimum Gasteiger partial charge on any atom is -0.481 e. The largest absolute Gasteiger partial charge is 0.481 e. The third-order valence-electron chi connectivity index (χ3n) is 2.99. The van der Waals surface area contributed by atoms with E-state index >= 15 is 0 Å². The zero-order valence-corrected chi connectivity index (χ0v) is 11.6. The number of carbonyl (C=O) groups is 1. The molecule has 0 aromatic heterocycles. The Morgan fingerprint density at radius 1 is 1.39 bits per heavy atom. The fourth-order valence-corrected chi connectivity index (χ4v) is 3.78. The summed E-state index contributed by atoms with van der Waals surface area (Å²) >= 11 is 0. The summed E-state index contributed by atoms with van der Waals surface area (Å²) in [4.78, 5) is 10.5. The number of hydrogen-bond acceptors (Lipinski definition) is 4. The molecule has 0 amide bonds. The van der Waals surface area contributed by atoms with Crippen LogP contribution in [0.2, 0.25) is 0 Å². The van der Waals surface area contributed by atoms with Gasteiger partial charge in [0, 0.05) is 25.2 Å². The topological polar surface area (TPSA) is 92.7 Å². The van der Waals surface area contributed by atoms with Crippen LogP contribution < -0.4 is 4.72 Å². The number of nitrogens with one attached hydrogen (secondary N) is 1. The molecule has 0 aromatic rings. The van der Waals surface area contributed by atoms with Crippen molar-refractivity contribution < 1.29 is 23.1 Å². The Labute approximate surface area is 108 Å². The second-order valence-corrected chi connectivity index (χ2v) is 7.20. The van der Waals surface area contributed by atoms with Crippen LogP contribution in [0.4, 0.5) is 0 Å². The molecule has 2 N–H and O–H groups in total. The summed E-state index contributed by atoms with van der Waals surface area (Å²) in [5.74, 6) is -0.923. The lowest BCUT2D eigenvalue weighted by Crippen LogP contribution is -2.48. The van der Waals surface area contributed by atoms with E-state index in [1.807, 2.05) is 0 Å². The molecule has 0 aromatic carbocycles. The first-order valence-corrected chi connectivity index (χ1v) is 7.60. The van der Waals surface area contributed by atoms with Crippen molar-refractivity contribution in [3.8, 4) is 0 Å². The molecule has 1 heterocycles. The van der Waals surface area contributed by atoms with Crippen LogP contribution in [0.5, 0.6) is 0 Å². The molecule has 6 nitrogen and oxygen atoms in total. The molecule has 0 unspecified atom stereocenters. The van der Waals surface area contributed by atoms with Crippen LogP contribution >= 0.6 is 0 Å². The number of carboxylic acid groups (broad SMARTS) is 1. The summed E-state index contributed by atoms with van der Waals surface area (Å²) in [5.41, 5.74) is -0.741. The Balaban J connectivity index is 2.60. The van der Waals surface area contributed by atoms with E-state index in [0.717, 1.165) is 0 Å². The summed E-state index contributed by atoms with van der Waals surface area (Å²) in [6, 6.07) is 0. The highest BCUT2D eigenvalue weighted by Gasteiger charge is 2.32. The fourth-order valence-electron chi connectivity index (χ4n) is 1.93. The van der Waals surface area contributed by atoms with Gasteiger partial charge < -0.3 is 9.84 Å². The van der Waals surface area contributed by atoms with E-state index in [2.05, 4.69) is 4.72 Å². The summed E-state index contributed by atoms with van der Waals surface area (Å²) < 4.78 is 32.0. The molecule has 1 rings (SSSR count). The van der Waals surface area contributed by atoms with E-state index in [9.17, 15) is 13.2 Å². The van der Waals surface area contributed by atoms with Crippen molar-refractivity contribution in [1.29, 1.82) is 0 Å². The standard InChI is InChI=1S/C11H21NO5S/c1-11(2,6-3-10(13)14)12-18(15,16)9-4-7-17-8-5-9/h9,12H,3-8H2,1-2H3,(H,13,14). The number of rotatable bonds is 6. The molecule has 0 radical (unpaired) electrons. The lowest BCUT2D eigenvalue weighted by Gasteiger charge is -2.30. The highest BCUT2D eigenvalue weighted by atomic mass is 32.2. The van der Waals surface area contributed by atoms with Crippen molar-refractivity contribution in [2.75, 3.05) is 13.2 Å². The quantitative estimate of drug-likeness (QED) is 0.747. The van der Waals surface area contributed by atoms with Crippen molar-refractivity contribution in [3.05, 3.63) is 0 Å².